The zero-order valence-corrected chi connectivity index (χ0v) is 14.6. The molecule has 0 spiro atoms. The molecule has 0 saturated carbocycles. The van der Waals surface area contributed by atoms with Crippen molar-refractivity contribution in [1.82, 2.24) is 5.32 Å². The van der Waals surface area contributed by atoms with E-state index in [2.05, 4.69) is 15.4 Å². The van der Waals surface area contributed by atoms with Crippen LogP contribution in [0, 0.1) is 0 Å². The minimum absolute atomic E-state index is 0.162. The van der Waals surface area contributed by atoms with Gasteiger partial charge in [0, 0.05) is 5.69 Å². The Morgan fingerprint density at radius 2 is 1.69 bits per heavy atom. The molecule has 0 aliphatic rings. The minimum atomic E-state index is -0.492. The molecular formula is C19H20N2O5. The Hall–Kier alpha value is -3.35. The van der Waals surface area contributed by atoms with Crippen LogP contribution < -0.4 is 15.4 Å². The average molecular weight is 356 g/mol. The van der Waals surface area contributed by atoms with Crippen LogP contribution in [-0.2, 0) is 20.7 Å². The number of hydrogen-bond donors (Lipinski definition) is 2. The lowest BCUT2D eigenvalue weighted by Gasteiger charge is -2.08. The molecule has 26 heavy (non-hydrogen) atoms. The van der Waals surface area contributed by atoms with E-state index in [0.717, 1.165) is 5.56 Å². The molecule has 7 heteroatoms. The Labute approximate surface area is 151 Å². The van der Waals surface area contributed by atoms with E-state index >= 15 is 0 Å². The fraction of sp³-hybridized carbons (Fsp3) is 0.211. The standard InChI is InChI=1S/C19H20N2O5/c1-25-16-8-6-13(7-9-16)10-17(22)20-12-18(23)21-15-5-3-4-14(11-15)19(24)26-2/h3-9,11H,10,12H2,1-2H3,(H,20,22)(H,21,23). The molecule has 0 unspecified atom stereocenters. The maximum absolute atomic E-state index is 11.9. The molecule has 0 radical (unpaired) electrons. The summed E-state index contributed by atoms with van der Waals surface area (Å²) in [6, 6.07) is 13.5. The molecule has 0 bridgehead atoms. The minimum Gasteiger partial charge on any atom is -0.497 e. The van der Waals surface area contributed by atoms with Gasteiger partial charge in [-0.25, -0.2) is 4.79 Å². The molecule has 0 fully saturated rings. The van der Waals surface area contributed by atoms with Crippen molar-refractivity contribution in [2.75, 3.05) is 26.1 Å². The normalized spacial score (nSPS) is 9.92. The van der Waals surface area contributed by atoms with Gasteiger partial charge in [0.2, 0.25) is 11.8 Å². The highest BCUT2D eigenvalue weighted by Gasteiger charge is 2.09. The largest absolute Gasteiger partial charge is 0.497 e. The Bertz CT molecular complexity index is 787. The van der Waals surface area contributed by atoms with E-state index < -0.39 is 11.9 Å². The number of esters is 1. The van der Waals surface area contributed by atoms with E-state index in [1.165, 1.54) is 13.2 Å². The topological polar surface area (TPSA) is 93.7 Å². The van der Waals surface area contributed by atoms with Gasteiger partial charge in [0.05, 0.1) is 32.7 Å². The highest BCUT2D eigenvalue weighted by molar-refractivity contribution is 5.96. The molecule has 0 saturated heterocycles. The third kappa shape index (κ3) is 5.62. The van der Waals surface area contributed by atoms with E-state index in [0.29, 0.717) is 17.0 Å². The summed E-state index contributed by atoms with van der Waals surface area (Å²) in [7, 11) is 2.85. The Kier molecular flexibility index (Phi) is 6.73. The molecule has 0 aliphatic carbocycles. The lowest BCUT2D eigenvalue weighted by atomic mass is 10.1. The van der Waals surface area contributed by atoms with Crippen LogP contribution in [-0.4, -0.2) is 38.5 Å². The molecule has 2 amide bonds. The van der Waals surface area contributed by atoms with Crippen LogP contribution in [0.4, 0.5) is 5.69 Å². The number of rotatable bonds is 7. The first-order valence-electron chi connectivity index (χ1n) is 7.89. The first kappa shape index (κ1) is 19.0. The molecule has 0 atom stereocenters. The summed E-state index contributed by atoms with van der Waals surface area (Å²) in [6.45, 7) is -0.169. The molecule has 0 aromatic heterocycles. The van der Waals surface area contributed by atoms with Gasteiger partial charge in [-0.05, 0) is 35.9 Å². The summed E-state index contributed by atoms with van der Waals surface area (Å²) in [4.78, 5) is 35.3. The quantitative estimate of drug-likeness (QED) is 0.738. The number of carbonyl (C=O) groups is 3. The van der Waals surface area contributed by atoms with Gasteiger partial charge in [-0.1, -0.05) is 18.2 Å². The zero-order valence-electron chi connectivity index (χ0n) is 14.6. The van der Waals surface area contributed by atoms with Gasteiger partial charge in [0.1, 0.15) is 5.75 Å². The van der Waals surface area contributed by atoms with E-state index in [1.807, 2.05) is 0 Å². The summed E-state index contributed by atoms with van der Waals surface area (Å²) >= 11 is 0. The second kappa shape index (κ2) is 9.22. The van der Waals surface area contributed by atoms with Crippen molar-refractivity contribution >= 4 is 23.5 Å². The summed E-state index contributed by atoms with van der Waals surface area (Å²) in [6.07, 6.45) is 0.162. The van der Waals surface area contributed by atoms with E-state index in [9.17, 15) is 14.4 Å². The average Bonchev–Trinajstić information content (AvgIpc) is 2.66. The predicted molar refractivity (Wildman–Crippen MR) is 96.1 cm³/mol. The molecule has 2 aromatic rings. The number of methoxy groups -OCH3 is 2. The van der Waals surface area contributed by atoms with Crippen molar-refractivity contribution in [2.24, 2.45) is 0 Å². The highest BCUT2D eigenvalue weighted by atomic mass is 16.5. The molecule has 2 N–H and O–H groups in total. The highest BCUT2D eigenvalue weighted by Crippen LogP contribution is 2.12. The van der Waals surface area contributed by atoms with E-state index in [1.54, 1.807) is 49.6 Å². The van der Waals surface area contributed by atoms with Gasteiger partial charge in [0.25, 0.3) is 0 Å². The van der Waals surface area contributed by atoms with Crippen LogP contribution in [0.3, 0.4) is 0 Å². The Morgan fingerprint density at radius 3 is 2.35 bits per heavy atom. The van der Waals surface area contributed by atoms with Crippen molar-refractivity contribution in [3.63, 3.8) is 0 Å². The third-order valence-electron chi connectivity index (χ3n) is 3.54. The lowest BCUT2D eigenvalue weighted by molar-refractivity contribution is -0.123. The van der Waals surface area contributed by atoms with Gasteiger partial charge in [-0.2, -0.15) is 0 Å². The van der Waals surface area contributed by atoms with Gasteiger partial charge in [0.15, 0.2) is 0 Å². The van der Waals surface area contributed by atoms with Gasteiger partial charge >= 0.3 is 5.97 Å². The van der Waals surface area contributed by atoms with Gasteiger partial charge < -0.3 is 20.1 Å². The number of ether oxygens (including phenoxy) is 2. The second-order valence-corrected chi connectivity index (χ2v) is 5.42. The fourth-order valence-electron chi connectivity index (χ4n) is 2.22. The van der Waals surface area contributed by atoms with Crippen LogP contribution in [0.2, 0.25) is 0 Å². The fourth-order valence-corrected chi connectivity index (χ4v) is 2.22. The first-order valence-corrected chi connectivity index (χ1v) is 7.89. The van der Waals surface area contributed by atoms with Crippen LogP contribution in [0.15, 0.2) is 48.5 Å². The molecule has 0 aliphatic heterocycles. The molecular weight excluding hydrogens is 336 g/mol. The van der Waals surface area contributed by atoms with Crippen LogP contribution in [0.5, 0.6) is 5.75 Å². The van der Waals surface area contributed by atoms with E-state index in [-0.39, 0.29) is 18.9 Å². The Balaban J connectivity index is 1.82. The molecule has 0 heterocycles. The van der Waals surface area contributed by atoms with Crippen LogP contribution in [0.25, 0.3) is 0 Å². The number of amides is 2. The second-order valence-electron chi connectivity index (χ2n) is 5.42. The maximum Gasteiger partial charge on any atom is 0.337 e. The smallest absolute Gasteiger partial charge is 0.337 e. The van der Waals surface area contributed by atoms with Crippen LogP contribution in [0.1, 0.15) is 15.9 Å². The summed E-state index contributed by atoms with van der Waals surface area (Å²) in [5, 5.41) is 5.17. The maximum atomic E-state index is 11.9. The molecule has 7 nitrogen and oxygen atoms in total. The van der Waals surface area contributed by atoms with Crippen molar-refractivity contribution in [3.05, 3.63) is 59.7 Å². The van der Waals surface area contributed by atoms with Crippen molar-refractivity contribution < 1.29 is 23.9 Å². The zero-order chi connectivity index (χ0) is 18.9. The summed E-state index contributed by atoms with van der Waals surface area (Å²) < 4.78 is 9.69. The van der Waals surface area contributed by atoms with Crippen molar-refractivity contribution in [3.8, 4) is 5.75 Å². The van der Waals surface area contributed by atoms with E-state index in [4.69, 9.17) is 4.74 Å². The van der Waals surface area contributed by atoms with Gasteiger partial charge in [-0.3, -0.25) is 9.59 Å². The predicted octanol–water partition coefficient (Wildman–Crippen LogP) is 1.78. The van der Waals surface area contributed by atoms with Crippen molar-refractivity contribution in [1.29, 1.82) is 0 Å². The number of nitrogens with one attached hydrogen (secondary N) is 2. The lowest BCUT2D eigenvalue weighted by Crippen LogP contribution is -2.33. The third-order valence-corrected chi connectivity index (χ3v) is 3.54. The molecule has 2 aromatic carbocycles. The monoisotopic (exact) mass is 356 g/mol. The Morgan fingerprint density at radius 1 is 0.962 bits per heavy atom. The summed E-state index contributed by atoms with van der Waals surface area (Å²) in [5.41, 5.74) is 1.59. The number of hydrogen-bond acceptors (Lipinski definition) is 5. The van der Waals surface area contributed by atoms with Crippen LogP contribution >= 0.6 is 0 Å². The molecule has 2 rings (SSSR count). The van der Waals surface area contributed by atoms with Gasteiger partial charge in [-0.15, -0.1) is 0 Å². The van der Waals surface area contributed by atoms with Crippen molar-refractivity contribution in [2.45, 2.75) is 6.42 Å². The number of carbonyl (C=O) groups excluding carboxylic acids is 3. The first-order chi connectivity index (χ1) is 12.5. The molecule has 136 valence electrons. The number of anilines is 1. The summed E-state index contributed by atoms with van der Waals surface area (Å²) in [5.74, 6) is -0.444. The SMILES string of the molecule is COC(=O)c1cccc(NC(=O)CNC(=O)Cc2ccc(OC)cc2)c1. The number of benzene rings is 2.